The zero-order valence-electron chi connectivity index (χ0n) is 11.5. The highest BCUT2D eigenvalue weighted by Gasteiger charge is 2.10. The van der Waals surface area contributed by atoms with Crippen molar-refractivity contribution < 1.29 is 0 Å². The van der Waals surface area contributed by atoms with Crippen LogP contribution < -0.4 is 5.73 Å². The number of nitrogens with zero attached hydrogens (tertiary/aromatic N) is 3. The van der Waals surface area contributed by atoms with Gasteiger partial charge in [0.25, 0.3) is 0 Å². The molecule has 19 heavy (non-hydrogen) atoms. The van der Waals surface area contributed by atoms with Crippen molar-refractivity contribution in [3.8, 4) is 11.3 Å². The minimum Gasteiger partial charge on any atom is -0.326 e. The van der Waals surface area contributed by atoms with Gasteiger partial charge < -0.3 is 5.73 Å². The molecule has 0 unspecified atom stereocenters. The van der Waals surface area contributed by atoms with E-state index >= 15 is 0 Å². The summed E-state index contributed by atoms with van der Waals surface area (Å²) in [5, 5.41) is 0. The lowest BCUT2D eigenvalue weighted by atomic mass is 10.0. The molecule has 0 atom stereocenters. The number of hydrogen-bond acceptors (Lipinski definition) is 4. The summed E-state index contributed by atoms with van der Waals surface area (Å²) in [4.78, 5) is 13.0. The molecule has 0 bridgehead atoms. The number of hydrogen-bond donors (Lipinski definition) is 1. The number of aryl methyl sites for hydroxylation is 2. The second kappa shape index (κ2) is 5.71. The Morgan fingerprint density at radius 3 is 2.74 bits per heavy atom. The van der Waals surface area contributed by atoms with Crippen LogP contribution >= 0.6 is 0 Å². The molecule has 4 nitrogen and oxygen atoms in total. The van der Waals surface area contributed by atoms with Crippen molar-refractivity contribution in [2.75, 3.05) is 7.05 Å². The molecule has 0 fully saturated rings. The van der Waals surface area contributed by atoms with E-state index in [2.05, 4.69) is 21.0 Å². The standard InChI is InChI=1S/C15H18N4/c1-10-14(9-17-3)15(19-11(2)18-10)13-6-4-5-12(7-13)8-16/h4-7,9H,8,16H2,1-3H3. The number of benzene rings is 1. The van der Waals surface area contributed by atoms with Crippen molar-refractivity contribution in [1.29, 1.82) is 0 Å². The molecule has 2 rings (SSSR count). The SMILES string of the molecule is CN=Cc1c(C)nc(C)nc1-c1cccc(CN)c1. The molecular formula is C15H18N4. The van der Waals surface area contributed by atoms with E-state index < -0.39 is 0 Å². The van der Waals surface area contributed by atoms with Crippen LogP contribution in [-0.4, -0.2) is 23.2 Å². The molecule has 0 spiro atoms. The third kappa shape index (κ3) is 2.85. The summed E-state index contributed by atoms with van der Waals surface area (Å²) in [6, 6.07) is 8.11. The van der Waals surface area contributed by atoms with Crippen molar-refractivity contribution in [3.05, 3.63) is 46.9 Å². The molecule has 0 aliphatic rings. The maximum Gasteiger partial charge on any atom is 0.126 e. The Balaban J connectivity index is 2.65. The monoisotopic (exact) mass is 254 g/mol. The summed E-state index contributed by atoms with van der Waals surface area (Å²) >= 11 is 0. The summed E-state index contributed by atoms with van der Waals surface area (Å²) in [6.07, 6.45) is 1.80. The van der Waals surface area contributed by atoms with Crippen molar-refractivity contribution in [2.45, 2.75) is 20.4 Å². The van der Waals surface area contributed by atoms with Gasteiger partial charge in [-0.3, -0.25) is 4.99 Å². The largest absolute Gasteiger partial charge is 0.326 e. The fraction of sp³-hybridized carbons (Fsp3) is 0.267. The fourth-order valence-corrected chi connectivity index (χ4v) is 2.07. The number of aromatic nitrogens is 2. The van der Waals surface area contributed by atoms with Crippen molar-refractivity contribution in [1.82, 2.24) is 9.97 Å². The smallest absolute Gasteiger partial charge is 0.126 e. The van der Waals surface area contributed by atoms with E-state index in [4.69, 9.17) is 5.73 Å². The van der Waals surface area contributed by atoms with E-state index in [9.17, 15) is 0 Å². The molecule has 0 aliphatic carbocycles. The number of aliphatic imine (C=N–C) groups is 1. The lowest BCUT2D eigenvalue weighted by Gasteiger charge is -2.10. The van der Waals surface area contributed by atoms with Gasteiger partial charge in [-0.15, -0.1) is 0 Å². The predicted molar refractivity (Wildman–Crippen MR) is 78.4 cm³/mol. The highest BCUT2D eigenvalue weighted by atomic mass is 14.9. The molecule has 2 N–H and O–H groups in total. The normalized spacial score (nSPS) is 11.2. The van der Waals surface area contributed by atoms with Gasteiger partial charge in [0.1, 0.15) is 5.82 Å². The maximum absolute atomic E-state index is 5.69. The van der Waals surface area contributed by atoms with Crippen molar-refractivity contribution in [3.63, 3.8) is 0 Å². The predicted octanol–water partition coefficient (Wildman–Crippen LogP) is 2.27. The van der Waals surface area contributed by atoms with Crippen molar-refractivity contribution in [2.24, 2.45) is 10.7 Å². The minimum atomic E-state index is 0.522. The fourth-order valence-electron chi connectivity index (χ4n) is 2.07. The van der Waals surface area contributed by atoms with Crippen LogP contribution in [0.4, 0.5) is 0 Å². The van der Waals surface area contributed by atoms with Gasteiger partial charge in [-0.25, -0.2) is 9.97 Å². The van der Waals surface area contributed by atoms with Crippen LogP contribution in [0.2, 0.25) is 0 Å². The first-order valence-corrected chi connectivity index (χ1v) is 6.22. The molecule has 98 valence electrons. The maximum atomic E-state index is 5.69. The molecule has 2 aromatic rings. The molecule has 0 saturated carbocycles. The van der Waals surface area contributed by atoms with Gasteiger partial charge in [-0.05, 0) is 25.5 Å². The highest BCUT2D eigenvalue weighted by Crippen LogP contribution is 2.23. The van der Waals surface area contributed by atoms with Crippen LogP contribution in [0.15, 0.2) is 29.3 Å². The first kappa shape index (κ1) is 13.4. The lowest BCUT2D eigenvalue weighted by Crippen LogP contribution is -2.03. The van der Waals surface area contributed by atoms with Gasteiger partial charge in [0, 0.05) is 30.9 Å². The molecule has 1 aromatic heterocycles. The van der Waals surface area contributed by atoms with Gasteiger partial charge in [-0.1, -0.05) is 18.2 Å². The summed E-state index contributed by atoms with van der Waals surface area (Å²) in [5.41, 5.74) is 10.6. The van der Waals surface area contributed by atoms with Crippen LogP contribution in [0.5, 0.6) is 0 Å². The topological polar surface area (TPSA) is 64.2 Å². The Bertz CT molecular complexity index is 618. The summed E-state index contributed by atoms with van der Waals surface area (Å²) in [7, 11) is 1.75. The minimum absolute atomic E-state index is 0.522. The zero-order chi connectivity index (χ0) is 13.8. The van der Waals surface area contributed by atoms with Crippen LogP contribution in [0.25, 0.3) is 11.3 Å². The summed E-state index contributed by atoms with van der Waals surface area (Å²) in [6.45, 7) is 4.40. The Hall–Kier alpha value is -2.07. The Morgan fingerprint density at radius 2 is 2.05 bits per heavy atom. The molecule has 4 heteroatoms. The summed E-state index contributed by atoms with van der Waals surface area (Å²) in [5.74, 6) is 0.763. The van der Waals surface area contributed by atoms with E-state index in [1.165, 1.54) is 0 Å². The van der Waals surface area contributed by atoms with Crippen LogP contribution in [-0.2, 0) is 6.54 Å². The first-order valence-electron chi connectivity index (χ1n) is 6.22. The van der Waals surface area contributed by atoms with Gasteiger partial charge >= 0.3 is 0 Å². The molecule has 0 radical (unpaired) electrons. The highest BCUT2D eigenvalue weighted by molar-refractivity contribution is 5.89. The van der Waals surface area contributed by atoms with E-state index in [1.54, 1.807) is 13.3 Å². The lowest BCUT2D eigenvalue weighted by molar-refractivity contribution is 1.01. The van der Waals surface area contributed by atoms with Gasteiger partial charge in [-0.2, -0.15) is 0 Å². The molecule has 1 heterocycles. The second-order valence-electron chi connectivity index (χ2n) is 4.41. The Morgan fingerprint density at radius 1 is 1.26 bits per heavy atom. The molecule has 1 aromatic carbocycles. The second-order valence-corrected chi connectivity index (χ2v) is 4.41. The third-order valence-electron chi connectivity index (χ3n) is 2.94. The number of rotatable bonds is 3. The van der Waals surface area contributed by atoms with E-state index in [1.807, 2.05) is 32.0 Å². The van der Waals surface area contributed by atoms with Gasteiger partial charge in [0.05, 0.1) is 11.4 Å². The third-order valence-corrected chi connectivity index (χ3v) is 2.94. The van der Waals surface area contributed by atoms with E-state index in [0.29, 0.717) is 6.54 Å². The Labute approximate surface area is 113 Å². The molecule has 0 amide bonds. The quantitative estimate of drug-likeness (QED) is 0.854. The Kier molecular flexibility index (Phi) is 4.02. The van der Waals surface area contributed by atoms with Crippen LogP contribution in [0, 0.1) is 13.8 Å². The van der Waals surface area contributed by atoms with Crippen LogP contribution in [0.1, 0.15) is 22.6 Å². The zero-order valence-corrected chi connectivity index (χ0v) is 11.5. The van der Waals surface area contributed by atoms with E-state index in [-0.39, 0.29) is 0 Å². The molecule has 0 aliphatic heterocycles. The van der Waals surface area contributed by atoms with Gasteiger partial charge in [0.15, 0.2) is 0 Å². The van der Waals surface area contributed by atoms with Crippen LogP contribution in [0.3, 0.4) is 0 Å². The average Bonchev–Trinajstić information content (AvgIpc) is 2.41. The molecular weight excluding hydrogens is 236 g/mol. The summed E-state index contributed by atoms with van der Waals surface area (Å²) < 4.78 is 0. The first-order chi connectivity index (χ1) is 9.15. The van der Waals surface area contributed by atoms with Gasteiger partial charge in [0.2, 0.25) is 0 Å². The number of nitrogens with two attached hydrogens (primary N) is 1. The molecule has 0 saturated heterocycles. The van der Waals surface area contributed by atoms with Crippen molar-refractivity contribution >= 4 is 6.21 Å². The van der Waals surface area contributed by atoms with E-state index in [0.717, 1.165) is 33.9 Å². The average molecular weight is 254 g/mol.